The molecule has 0 saturated heterocycles. The number of nitrogens with zero attached hydrogens (tertiary/aromatic N) is 1. The number of carboxylic acid groups (broad SMARTS) is 1. The van der Waals surface area contributed by atoms with Crippen molar-refractivity contribution in [3.63, 3.8) is 0 Å². The maximum Gasteiger partial charge on any atom is 0.414 e. The Bertz CT molecular complexity index is 826. The zero-order valence-electron chi connectivity index (χ0n) is 23.4. The molecule has 12 nitrogen and oxygen atoms in total. The Balaban J connectivity index is 3.52. The van der Waals surface area contributed by atoms with E-state index in [1.807, 2.05) is 13.8 Å². The second-order valence-corrected chi connectivity index (χ2v) is 11.4. The first kappa shape index (κ1) is 32.1. The number of aliphatic hydroxyl groups is 1. The normalized spacial score (nSPS) is 22.6. The van der Waals surface area contributed by atoms with Gasteiger partial charge in [-0.1, -0.05) is 26.7 Å². The summed E-state index contributed by atoms with van der Waals surface area (Å²) < 4.78 is 10.5. The van der Waals surface area contributed by atoms with Crippen LogP contribution in [0.5, 0.6) is 0 Å². The standard InChI is InChI=1S/C25H44N4O8/c1-10-14(11-2)18(26-13(3)30)17-16(12-15(19(17)31)20(32)33)27-21(28-22(34)36-24(4,5)6)29-23(35)37-25(7,8)9/h14-19,31H,10-12H2,1-9H3,(H,26,30)(H,32,33)(H2,27,28,29,34,35)/t15-,16+,17+,18-,19+/m1/s1. The van der Waals surface area contributed by atoms with Gasteiger partial charge in [-0.05, 0) is 53.9 Å². The van der Waals surface area contributed by atoms with Crippen LogP contribution in [0.25, 0.3) is 0 Å². The Morgan fingerprint density at radius 3 is 1.76 bits per heavy atom. The van der Waals surface area contributed by atoms with Crippen molar-refractivity contribution in [1.82, 2.24) is 16.0 Å². The van der Waals surface area contributed by atoms with E-state index in [1.54, 1.807) is 41.5 Å². The third-order valence-electron chi connectivity index (χ3n) is 5.94. The van der Waals surface area contributed by atoms with Crippen molar-refractivity contribution in [2.45, 2.75) is 111 Å². The van der Waals surface area contributed by atoms with E-state index < -0.39 is 59.4 Å². The highest BCUT2D eigenvalue weighted by atomic mass is 16.6. The van der Waals surface area contributed by atoms with Crippen molar-refractivity contribution in [3.8, 4) is 0 Å². The van der Waals surface area contributed by atoms with Gasteiger partial charge in [0.1, 0.15) is 11.2 Å². The molecule has 0 aromatic carbocycles. The lowest BCUT2D eigenvalue weighted by Crippen LogP contribution is -2.52. The first-order valence-corrected chi connectivity index (χ1v) is 12.6. The highest BCUT2D eigenvalue weighted by Gasteiger charge is 2.51. The number of guanidine groups is 1. The number of aliphatic hydroxyl groups excluding tert-OH is 1. The summed E-state index contributed by atoms with van der Waals surface area (Å²) in [7, 11) is 0. The SMILES string of the molecule is CCC(CC)[C@@H](NC(C)=O)[C@H]1[C@@H](O)[C@H](C(=O)O)C[C@@H]1N=C(NC(=O)OC(C)(C)C)NC(=O)OC(C)(C)C. The average molecular weight is 529 g/mol. The van der Waals surface area contributed by atoms with E-state index >= 15 is 0 Å². The van der Waals surface area contributed by atoms with Gasteiger partial charge in [-0.25, -0.2) is 14.6 Å². The fraction of sp³-hybridized carbons (Fsp3) is 0.800. The molecule has 5 atom stereocenters. The predicted octanol–water partition coefficient (Wildman–Crippen LogP) is 2.78. The van der Waals surface area contributed by atoms with Gasteiger partial charge in [0.25, 0.3) is 0 Å². The maximum absolute atomic E-state index is 12.5. The number of carbonyl (C=O) groups excluding carboxylic acids is 3. The van der Waals surface area contributed by atoms with Crippen molar-refractivity contribution in [3.05, 3.63) is 0 Å². The maximum atomic E-state index is 12.5. The largest absolute Gasteiger partial charge is 0.481 e. The summed E-state index contributed by atoms with van der Waals surface area (Å²) in [5.74, 6) is -3.88. The van der Waals surface area contributed by atoms with E-state index in [-0.39, 0.29) is 24.2 Å². The first-order valence-electron chi connectivity index (χ1n) is 12.6. The van der Waals surface area contributed by atoms with Gasteiger partial charge < -0.3 is 25.0 Å². The molecule has 12 heteroatoms. The lowest BCUT2D eigenvalue weighted by Gasteiger charge is -2.35. The molecule has 1 aliphatic rings. The number of hydrogen-bond acceptors (Lipinski definition) is 8. The van der Waals surface area contributed by atoms with Gasteiger partial charge in [0, 0.05) is 18.9 Å². The van der Waals surface area contributed by atoms with Gasteiger partial charge in [0.2, 0.25) is 11.9 Å². The topological polar surface area (TPSA) is 176 Å². The third-order valence-corrected chi connectivity index (χ3v) is 5.94. The molecule has 37 heavy (non-hydrogen) atoms. The van der Waals surface area contributed by atoms with Crippen LogP contribution < -0.4 is 16.0 Å². The van der Waals surface area contributed by atoms with Crippen LogP contribution in [0.2, 0.25) is 0 Å². The molecule has 0 heterocycles. The summed E-state index contributed by atoms with van der Waals surface area (Å²) in [6, 6.07) is -1.46. The van der Waals surface area contributed by atoms with E-state index in [9.17, 15) is 29.4 Å². The van der Waals surface area contributed by atoms with Crippen LogP contribution in [0.1, 0.15) is 81.6 Å². The molecule has 0 unspecified atom stereocenters. The smallest absolute Gasteiger partial charge is 0.414 e. The van der Waals surface area contributed by atoms with Crippen LogP contribution in [-0.4, -0.2) is 69.6 Å². The van der Waals surface area contributed by atoms with E-state index in [0.29, 0.717) is 12.8 Å². The van der Waals surface area contributed by atoms with E-state index in [2.05, 4.69) is 20.9 Å². The minimum Gasteiger partial charge on any atom is -0.481 e. The lowest BCUT2D eigenvalue weighted by molar-refractivity contribution is -0.145. The van der Waals surface area contributed by atoms with Crippen LogP contribution >= 0.6 is 0 Å². The molecule has 0 radical (unpaired) electrons. The average Bonchev–Trinajstić information content (AvgIpc) is 3.00. The number of ether oxygens (including phenoxy) is 2. The zero-order valence-corrected chi connectivity index (χ0v) is 23.4. The summed E-state index contributed by atoms with van der Waals surface area (Å²) in [5.41, 5.74) is -1.68. The van der Waals surface area contributed by atoms with Crippen LogP contribution in [0.3, 0.4) is 0 Å². The molecule has 212 valence electrons. The number of rotatable bonds is 7. The van der Waals surface area contributed by atoms with Crippen molar-refractivity contribution in [1.29, 1.82) is 0 Å². The quantitative estimate of drug-likeness (QED) is 0.247. The Morgan fingerprint density at radius 1 is 0.946 bits per heavy atom. The first-order chi connectivity index (χ1) is 16.9. The number of hydrogen-bond donors (Lipinski definition) is 5. The van der Waals surface area contributed by atoms with Crippen LogP contribution in [0.4, 0.5) is 9.59 Å². The molecule has 0 aliphatic heterocycles. The van der Waals surface area contributed by atoms with Crippen molar-refractivity contribution in [2.75, 3.05) is 0 Å². The van der Waals surface area contributed by atoms with Crippen molar-refractivity contribution < 1.29 is 38.9 Å². The van der Waals surface area contributed by atoms with Crippen molar-refractivity contribution >= 4 is 30.0 Å². The number of carbonyl (C=O) groups is 4. The zero-order chi connectivity index (χ0) is 28.7. The number of alkyl carbamates (subject to hydrolysis) is 2. The Labute approximate surface area is 218 Å². The van der Waals surface area contributed by atoms with E-state index in [1.165, 1.54) is 6.92 Å². The molecule has 1 fully saturated rings. The van der Waals surface area contributed by atoms with Crippen molar-refractivity contribution in [2.24, 2.45) is 22.7 Å². The second kappa shape index (κ2) is 13.1. The Kier molecular flexibility index (Phi) is 11.4. The van der Waals surface area contributed by atoms with Gasteiger partial charge in [0.05, 0.1) is 18.1 Å². The number of nitrogens with one attached hydrogen (secondary N) is 3. The van der Waals surface area contributed by atoms with Gasteiger partial charge in [-0.15, -0.1) is 0 Å². The van der Waals surface area contributed by atoms with E-state index in [4.69, 9.17) is 9.47 Å². The summed E-state index contributed by atoms with van der Waals surface area (Å²) >= 11 is 0. The number of aliphatic imine (C=N–C) groups is 1. The van der Waals surface area contributed by atoms with E-state index in [0.717, 1.165) is 0 Å². The fourth-order valence-corrected chi connectivity index (χ4v) is 4.51. The molecule has 0 bridgehead atoms. The van der Waals surface area contributed by atoms with Crippen LogP contribution in [-0.2, 0) is 19.1 Å². The molecular formula is C25H44N4O8. The summed E-state index contributed by atoms with van der Waals surface area (Å²) in [5, 5.41) is 28.5. The van der Waals surface area contributed by atoms with Crippen LogP contribution in [0.15, 0.2) is 4.99 Å². The molecule has 5 N–H and O–H groups in total. The third kappa shape index (κ3) is 10.6. The number of carboxylic acids is 1. The Hall–Kier alpha value is -2.89. The van der Waals surface area contributed by atoms with Gasteiger partial charge >= 0.3 is 18.2 Å². The number of amides is 3. The summed E-state index contributed by atoms with van der Waals surface area (Å²) in [6.45, 7) is 15.2. The fourth-order valence-electron chi connectivity index (χ4n) is 4.51. The summed E-state index contributed by atoms with van der Waals surface area (Å²) in [4.78, 5) is 53.5. The summed E-state index contributed by atoms with van der Waals surface area (Å²) in [6.07, 6.45) is -1.87. The minimum atomic E-state index is -1.33. The second-order valence-electron chi connectivity index (χ2n) is 11.4. The lowest BCUT2D eigenvalue weighted by atomic mass is 9.80. The molecule has 1 aliphatic carbocycles. The van der Waals surface area contributed by atoms with Gasteiger partial charge in [0.15, 0.2) is 0 Å². The highest BCUT2D eigenvalue weighted by molar-refractivity contribution is 6.01. The molecule has 3 amide bonds. The number of aliphatic carboxylic acids is 1. The Morgan fingerprint density at radius 2 is 1.41 bits per heavy atom. The molecule has 0 aromatic heterocycles. The van der Waals surface area contributed by atoms with Gasteiger partial charge in [-0.2, -0.15) is 0 Å². The monoisotopic (exact) mass is 528 g/mol. The molecular weight excluding hydrogens is 484 g/mol. The molecule has 1 saturated carbocycles. The predicted molar refractivity (Wildman–Crippen MR) is 137 cm³/mol. The highest BCUT2D eigenvalue weighted by Crippen LogP contribution is 2.39. The minimum absolute atomic E-state index is 0.0742. The molecule has 0 spiro atoms. The van der Waals surface area contributed by atoms with Gasteiger partial charge in [-0.3, -0.25) is 20.2 Å². The molecule has 1 rings (SSSR count). The van der Waals surface area contributed by atoms with Crippen LogP contribution in [0, 0.1) is 17.8 Å². The molecule has 0 aromatic rings.